The molecule has 1 atom stereocenters. The highest BCUT2D eigenvalue weighted by Crippen LogP contribution is 2.44. The maximum absolute atomic E-state index is 13.1. The third-order valence-electron chi connectivity index (χ3n) is 3.24. The molecule has 2 rings (SSSR count). The van der Waals surface area contributed by atoms with Crippen LogP contribution in [0.15, 0.2) is 24.4 Å². The van der Waals surface area contributed by atoms with E-state index in [9.17, 15) is 18.3 Å². The summed E-state index contributed by atoms with van der Waals surface area (Å²) in [6.07, 6.45) is 0.203. The molecule has 1 aromatic rings. The summed E-state index contributed by atoms with van der Waals surface area (Å²) >= 11 is 0. The van der Waals surface area contributed by atoms with Gasteiger partial charge >= 0.3 is 6.18 Å². The number of halogens is 3. The van der Waals surface area contributed by atoms with Crippen LogP contribution in [0.25, 0.3) is 0 Å². The molecular formula is C13H14F3NO2+. The Kier molecular flexibility index (Phi) is 3.42. The zero-order valence-electron chi connectivity index (χ0n) is 10.5. The Balaban J connectivity index is 2.76. The van der Waals surface area contributed by atoms with Crippen LogP contribution in [0.1, 0.15) is 16.7 Å². The molecule has 0 bridgehead atoms. The van der Waals surface area contributed by atoms with Gasteiger partial charge in [-0.2, -0.15) is 18.0 Å². The zero-order chi connectivity index (χ0) is 14.3. The van der Waals surface area contributed by atoms with E-state index in [1.54, 1.807) is 12.5 Å². The second-order valence-electron chi connectivity index (χ2n) is 4.37. The number of benzene rings is 1. The molecule has 6 heteroatoms. The standard InChI is InChI=1S/C13H14F3NO2/c1-17(19-2)7-3-4-10-9(8-18)5-6-11(12(10)17)13(14,15)16/h3-7,18H,8H2,1-2H3/q+1. The van der Waals surface area contributed by atoms with Crippen LogP contribution in [0.2, 0.25) is 0 Å². The topological polar surface area (TPSA) is 29.5 Å². The molecule has 1 aliphatic rings. The number of quaternary nitrogens is 1. The van der Waals surface area contributed by atoms with Gasteiger partial charge in [0.05, 0.1) is 13.7 Å². The summed E-state index contributed by atoms with van der Waals surface area (Å²) in [5, 5.41) is 9.26. The summed E-state index contributed by atoms with van der Waals surface area (Å²) in [6.45, 7) is -0.325. The predicted octanol–water partition coefficient (Wildman–Crippen LogP) is 2.78. The number of allylic oxidation sites excluding steroid dienone is 1. The first-order valence-electron chi connectivity index (χ1n) is 5.62. The molecule has 0 saturated heterocycles. The van der Waals surface area contributed by atoms with Crippen molar-refractivity contribution in [3.8, 4) is 0 Å². The maximum atomic E-state index is 13.1. The molecule has 19 heavy (non-hydrogen) atoms. The summed E-state index contributed by atoms with van der Waals surface area (Å²) in [6, 6.07) is 2.27. The largest absolute Gasteiger partial charge is 0.422 e. The minimum absolute atomic E-state index is 0.0101. The van der Waals surface area contributed by atoms with Crippen LogP contribution in [-0.2, 0) is 17.6 Å². The minimum atomic E-state index is -4.48. The third-order valence-corrected chi connectivity index (χ3v) is 3.24. The molecule has 1 heterocycles. The Bertz CT molecular complexity index is 525. The van der Waals surface area contributed by atoms with Crippen molar-refractivity contribution in [1.82, 2.24) is 4.65 Å². The molecule has 1 aromatic carbocycles. The van der Waals surface area contributed by atoms with E-state index >= 15 is 0 Å². The van der Waals surface area contributed by atoms with Crippen LogP contribution >= 0.6 is 0 Å². The van der Waals surface area contributed by atoms with Gasteiger partial charge in [0.1, 0.15) is 18.8 Å². The van der Waals surface area contributed by atoms with Crippen molar-refractivity contribution >= 4 is 5.69 Å². The van der Waals surface area contributed by atoms with Gasteiger partial charge in [-0.25, -0.2) is 0 Å². The average Bonchev–Trinajstić information content (AvgIpc) is 2.36. The van der Waals surface area contributed by atoms with E-state index in [1.165, 1.54) is 26.4 Å². The van der Waals surface area contributed by atoms with E-state index < -0.39 is 16.4 Å². The number of rotatable bonds is 2. The molecule has 1 N–H and O–H groups in total. The Hall–Kier alpha value is -1.37. The molecule has 0 aromatic heterocycles. The van der Waals surface area contributed by atoms with Crippen molar-refractivity contribution in [3.63, 3.8) is 0 Å². The third kappa shape index (κ3) is 2.27. The fourth-order valence-corrected chi connectivity index (χ4v) is 2.21. The molecule has 1 unspecified atom stereocenters. The van der Waals surface area contributed by atoms with E-state index in [0.29, 0.717) is 11.1 Å². The fraction of sp³-hybridized carbons (Fsp3) is 0.308. The Morgan fingerprint density at radius 1 is 1.32 bits per heavy atom. The number of hydrogen-bond acceptors (Lipinski definition) is 2. The molecule has 0 spiro atoms. The van der Waals surface area contributed by atoms with Gasteiger partial charge in [0, 0.05) is 12.0 Å². The van der Waals surface area contributed by atoms with Crippen LogP contribution in [0.3, 0.4) is 0 Å². The molecule has 103 valence electrons. The fourth-order valence-electron chi connectivity index (χ4n) is 2.21. The van der Waals surface area contributed by atoms with Gasteiger partial charge in [0.15, 0.2) is 5.69 Å². The van der Waals surface area contributed by atoms with Gasteiger partial charge in [-0.05, 0) is 17.7 Å². The second-order valence-corrected chi connectivity index (χ2v) is 4.37. The van der Waals surface area contributed by atoms with Gasteiger partial charge < -0.3 is 5.11 Å². The quantitative estimate of drug-likeness (QED) is 0.840. The summed E-state index contributed by atoms with van der Waals surface area (Å²) < 4.78 is 39.0. The number of hydrogen-bond donors (Lipinski definition) is 1. The average molecular weight is 273 g/mol. The van der Waals surface area contributed by atoms with Crippen LogP contribution in [0, 0.1) is 6.42 Å². The number of aliphatic hydroxyl groups is 1. The first-order chi connectivity index (χ1) is 8.83. The first kappa shape index (κ1) is 14.0. The van der Waals surface area contributed by atoms with E-state index in [0.717, 1.165) is 6.07 Å². The predicted molar refractivity (Wildman–Crippen MR) is 64.6 cm³/mol. The van der Waals surface area contributed by atoms with Gasteiger partial charge in [-0.3, -0.25) is 0 Å². The van der Waals surface area contributed by atoms with Crippen molar-refractivity contribution in [1.29, 1.82) is 0 Å². The zero-order valence-corrected chi connectivity index (χ0v) is 10.5. The smallest absolute Gasteiger partial charge is 0.392 e. The number of fused-ring (bicyclic) bond motifs is 1. The van der Waals surface area contributed by atoms with Crippen LogP contribution in [0.4, 0.5) is 18.9 Å². The highest BCUT2D eigenvalue weighted by Gasteiger charge is 2.44. The number of nitrogens with zero attached hydrogens (tertiary/aromatic N) is 1. The summed E-state index contributed by atoms with van der Waals surface area (Å²) in [7, 11) is 2.85. The molecular weight excluding hydrogens is 259 g/mol. The van der Waals surface area contributed by atoms with E-state index in [-0.39, 0.29) is 12.3 Å². The van der Waals surface area contributed by atoms with Crippen molar-refractivity contribution in [2.75, 3.05) is 14.2 Å². The first-order valence-corrected chi connectivity index (χ1v) is 5.62. The second kappa shape index (κ2) is 4.63. The lowest BCUT2D eigenvalue weighted by atomic mass is 9.95. The Morgan fingerprint density at radius 3 is 2.53 bits per heavy atom. The molecule has 0 aliphatic carbocycles. The highest BCUT2D eigenvalue weighted by atomic mass is 19.4. The molecule has 0 saturated carbocycles. The van der Waals surface area contributed by atoms with Crippen LogP contribution in [-0.4, -0.2) is 19.3 Å². The van der Waals surface area contributed by atoms with E-state index in [4.69, 9.17) is 4.84 Å². The lowest BCUT2D eigenvalue weighted by Crippen LogP contribution is -2.41. The highest BCUT2D eigenvalue weighted by molar-refractivity contribution is 5.66. The SMILES string of the molecule is CO[N+]1(C)C=C[CH]c2c(CO)ccc(C(F)(F)F)c21. The van der Waals surface area contributed by atoms with E-state index in [2.05, 4.69) is 0 Å². The Labute approximate surface area is 109 Å². The van der Waals surface area contributed by atoms with Gasteiger partial charge in [-0.15, -0.1) is 4.65 Å². The molecule has 3 nitrogen and oxygen atoms in total. The van der Waals surface area contributed by atoms with Crippen LogP contribution in [0.5, 0.6) is 0 Å². The normalized spacial score (nSPS) is 22.4. The minimum Gasteiger partial charge on any atom is -0.392 e. The van der Waals surface area contributed by atoms with Crippen molar-refractivity contribution in [3.05, 3.63) is 47.5 Å². The van der Waals surface area contributed by atoms with E-state index in [1.807, 2.05) is 0 Å². The molecule has 0 amide bonds. The molecule has 0 fully saturated rings. The Morgan fingerprint density at radius 2 is 2.00 bits per heavy atom. The van der Waals surface area contributed by atoms with Gasteiger partial charge in [-0.1, -0.05) is 6.07 Å². The number of alkyl halides is 3. The van der Waals surface area contributed by atoms with Crippen molar-refractivity contribution in [2.24, 2.45) is 0 Å². The van der Waals surface area contributed by atoms with Gasteiger partial charge in [0.2, 0.25) is 0 Å². The van der Waals surface area contributed by atoms with Crippen molar-refractivity contribution < 1.29 is 23.1 Å². The number of aliphatic hydroxyl groups excluding tert-OH is 1. The van der Waals surface area contributed by atoms with Gasteiger partial charge in [0.25, 0.3) is 0 Å². The van der Waals surface area contributed by atoms with Crippen molar-refractivity contribution in [2.45, 2.75) is 12.8 Å². The summed E-state index contributed by atoms with van der Waals surface area (Å²) in [5.74, 6) is 0. The monoisotopic (exact) mass is 273 g/mol. The maximum Gasteiger partial charge on any atom is 0.422 e. The lowest BCUT2D eigenvalue weighted by Gasteiger charge is -2.32. The number of hydroxylamine groups is 2. The van der Waals surface area contributed by atoms with Crippen LogP contribution < -0.4 is 4.65 Å². The molecule has 1 radical (unpaired) electrons. The summed E-state index contributed by atoms with van der Waals surface area (Å²) in [4.78, 5) is 5.19. The lowest BCUT2D eigenvalue weighted by molar-refractivity contribution is -0.141. The summed E-state index contributed by atoms with van der Waals surface area (Å²) in [5.41, 5.74) is 0.0200. The molecule has 1 aliphatic heterocycles.